The van der Waals surface area contributed by atoms with Gasteiger partial charge in [-0.2, -0.15) is 0 Å². The van der Waals surface area contributed by atoms with Crippen molar-refractivity contribution >= 4 is 11.6 Å². The third-order valence-electron chi connectivity index (χ3n) is 2.36. The molecule has 2 aromatic rings. The molecule has 2 heteroatoms. The maximum atomic E-state index is 5.71. The second-order valence-corrected chi connectivity index (χ2v) is 4.20. The molecule has 0 spiro atoms. The van der Waals surface area contributed by atoms with Crippen LogP contribution in [0.4, 0.5) is 0 Å². The summed E-state index contributed by atoms with van der Waals surface area (Å²) in [5.41, 5.74) is 2.19. The Morgan fingerprint density at radius 3 is 2.35 bits per heavy atom. The Morgan fingerprint density at radius 1 is 1.00 bits per heavy atom. The Labute approximate surface area is 106 Å². The predicted molar refractivity (Wildman–Crippen MR) is 72.4 cm³/mol. The highest BCUT2D eigenvalue weighted by Gasteiger charge is 2.04. The molecule has 0 N–H and O–H groups in total. The number of rotatable bonds is 4. The summed E-state index contributed by atoms with van der Waals surface area (Å²) < 4.78 is 5.62. The van der Waals surface area contributed by atoms with Crippen LogP contribution >= 0.6 is 11.6 Å². The molecule has 2 aromatic carbocycles. The Morgan fingerprint density at radius 2 is 1.65 bits per heavy atom. The molecule has 86 valence electrons. The van der Waals surface area contributed by atoms with Crippen molar-refractivity contribution in [2.45, 2.75) is 0 Å². The van der Waals surface area contributed by atoms with Gasteiger partial charge in [0.1, 0.15) is 12.4 Å². The van der Waals surface area contributed by atoms with Gasteiger partial charge < -0.3 is 4.74 Å². The number of ether oxygens (including phenoxy) is 1. The molecule has 0 unspecified atom stereocenters. The lowest BCUT2D eigenvalue weighted by Crippen LogP contribution is -1.97. The molecular formula is C15H13ClO. The molecule has 0 aliphatic rings. The molecule has 0 amide bonds. The molecule has 0 aliphatic carbocycles. The SMILES string of the molecule is C=C(Cl)COc1ccccc1-c1ccccc1. The van der Waals surface area contributed by atoms with E-state index in [-0.39, 0.29) is 0 Å². The Hall–Kier alpha value is -1.73. The molecule has 17 heavy (non-hydrogen) atoms. The molecule has 1 nitrogen and oxygen atoms in total. The summed E-state index contributed by atoms with van der Waals surface area (Å²) >= 11 is 5.71. The number of hydrogen-bond donors (Lipinski definition) is 0. The summed E-state index contributed by atoms with van der Waals surface area (Å²) in [4.78, 5) is 0. The van der Waals surface area contributed by atoms with Crippen molar-refractivity contribution in [3.63, 3.8) is 0 Å². The van der Waals surface area contributed by atoms with Gasteiger partial charge in [0.05, 0.1) is 0 Å². The van der Waals surface area contributed by atoms with Crippen LogP contribution in [0.15, 0.2) is 66.2 Å². The summed E-state index contributed by atoms with van der Waals surface area (Å²) in [5, 5.41) is 0.493. The topological polar surface area (TPSA) is 9.23 Å². The van der Waals surface area contributed by atoms with Crippen LogP contribution in [0.25, 0.3) is 11.1 Å². The van der Waals surface area contributed by atoms with Crippen LogP contribution in [0, 0.1) is 0 Å². The minimum absolute atomic E-state index is 0.325. The van der Waals surface area contributed by atoms with Crippen molar-refractivity contribution in [1.82, 2.24) is 0 Å². The van der Waals surface area contributed by atoms with Gasteiger partial charge in [-0.05, 0) is 11.6 Å². The van der Waals surface area contributed by atoms with E-state index in [9.17, 15) is 0 Å². The second-order valence-electron chi connectivity index (χ2n) is 3.67. The van der Waals surface area contributed by atoms with Gasteiger partial charge in [0.2, 0.25) is 0 Å². The van der Waals surface area contributed by atoms with E-state index >= 15 is 0 Å². The van der Waals surface area contributed by atoms with E-state index in [0.717, 1.165) is 16.9 Å². The van der Waals surface area contributed by atoms with E-state index in [0.29, 0.717) is 11.6 Å². The maximum Gasteiger partial charge on any atom is 0.127 e. The smallest absolute Gasteiger partial charge is 0.127 e. The van der Waals surface area contributed by atoms with Gasteiger partial charge in [-0.1, -0.05) is 66.7 Å². The van der Waals surface area contributed by atoms with Crippen molar-refractivity contribution in [2.24, 2.45) is 0 Å². The first kappa shape index (κ1) is 11.7. The van der Waals surface area contributed by atoms with Crippen LogP contribution in [0.5, 0.6) is 5.75 Å². The molecule has 0 atom stereocenters. The van der Waals surface area contributed by atoms with Gasteiger partial charge in [0.15, 0.2) is 0 Å². The lowest BCUT2D eigenvalue weighted by atomic mass is 10.1. The summed E-state index contributed by atoms with van der Waals surface area (Å²) in [5.74, 6) is 0.820. The average Bonchev–Trinajstić information content (AvgIpc) is 2.38. The van der Waals surface area contributed by atoms with Gasteiger partial charge in [-0.3, -0.25) is 0 Å². The fourth-order valence-corrected chi connectivity index (χ4v) is 1.66. The molecule has 0 bridgehead atoms. The van der Waals surface area contributed by atoms with Crippen LogP contribution in [0.2, 0.25) is 0 Å². The van der Waals surface area contributed by atoms with E-state index in [1.165, 1.54) is 0 Å². The summed E-state index contributed by atoms with van der Waals surface area (Å²) in [7, 11) is 0. The van der Waals surface area contributed by atoms with Gasteiger partial charge in [0.25, 0.3) is 0 Å². The minimum Gasteiger partial charge on any atom is -0.487 e. The molecule has 0 fully saturated rings. The fourth-order valence-electron chi connectivity index (χ4n) is 1.60. The number of benzene rings is 2. The largest absolute Gasteiger partial charge is 0.487 e. The van der Waals surface area contributed by atoms with Crippen LogP contribution < -0.4 is 4.74 Å². The van der Waals surface area contributed by atoms with Gasteiger partial charge in [-0.15, -0.1) is 0 Å². The minimum atomic E-state index is 0.325. The monoisotopic (exact) mass is 244 g/mol. The molecule has 2 rings (SSSR count). The van der Waals surface area contributed by atoms with E-state index in [1.807, 2.05) is 42.5 Å². The molecule has 0 saturated carbocycles. The summed E-state index contributed by atoms with van der Waals surface area (Å²) in [6, 6.07) is 18.0. The van der Waals surface area contributed by atoms with E-state index in [1.54, 1.807) is 0 Å². The highest BCUT2D eigenvalue weighted by atomic mass is 35.5. The highest BCUT2D eigenvalue weighted by molar-refractivity contribution is 6.29. The average molecular weight is 245 g/mol. The predicted octanol–water partition coefficient (Wildman–Crippen LogP) is 4.48. The molecule has 0 aliphatic heterocycles. The van der Waals surface area contributed by atoms with Crippen LogP contribution in [-0.4, -0.2) is 6.61 Å². The number of halogens is 1. The number of para-hydroxylation sites is 1. The van der Waals surface area contributed by atoms with Crippen molar-refractivity contribution in [2.75, 3.05) is 6.61 Å². The zero-order valence-corrected chi connectivity index (χ0v) is 10.2. The normalized spacial score (nSPS) is 9.94. The first-order chi connectivity index (χ1) is 8.27. The number of hydrogen-bond acceptors (Lipinski definition) is 1. The van der Waals surface area contributed by atoms with Crippen molar-refractivity contribution in [3.8, 4) is 16.9 Å². The molecular weight excluding hydrogens is 232 g/mol. The molecule has 0 aromatic heterocycles. The van der Waals surface area contributed by atoms with Gasteiger partial charge in [-0.25, -0.2) is 0 Å². The molecule has 0 radical (unpaired) electrons. The first-order valence-corrected chi connectivity index (χ1v) is 5.75. The Kier molecular flexibility index (Phi) is 3.84. The Bertz CT molecular complexity index is 505. The van der Waals surface area contributed by atoms with Crippen LogP contribution in [0.1, 0.15) is 0 Å². The second kappa shape index (κ2) is 5.55. The quantitative estimate of drug-likeness (QED) is 0.770. The van der Waals surface area contributed by atoms with Crippen molar-refractivity contribution < 1.29 is 4.74 Å². The Balaban J connectivity index is 2.31. The van der Waals surface area contributed by atoms with E-state index < -0.39 is 0 Å². The van der Waals surface area contributed by atoms with Crippen LogP contribution in [0.3, 0.4) is 0 Å². The zero-order valence-electron chi connectivity index (χ0n) is 9.40. The van der Waals surface area contributed by atoms with Crippen molar-refractivity contribution in [3.05, 3.63) is 66.2 Å². The lowest BCUT2D eigenvalue weighted by Gasteiger charge is -2.10. The molecule has 0 heterocycles. The van der Waals surface area contributed by atoms with E-state index in [4.69, 9.17) is 16.3 Å². The highest BCUT2D eigenvalue weighted by Crippen LogP contribution is 2.29. The third-order valence-corrected chi connectivity index (χ3v) is 2.47. The molecule has 0 saturated heterocycles. The van der Waals surface area contributed by atoms with Gasteiger partial charge in [0, 0.05) is 10.6 Å². The third kappa shape index (κ3) is 3.11. The zero-order chi connectivity index (χ0) is 12.1. The lowest BCUT2D eigenvalue weighted by molar-refractivity contribution is 0.361. The van der Waals surface area contributed by atoms with E-state index in [2.05, 4.69) is 18.7 Å². The summed E-state index contributed by atoms with van der Waals surface area (Å²) in [6.07, 6.45) is 0. The standard InChI is InChI=1S/C15H13ClO/c1-12(16)11-17-15-10-6-5-9-14(15)13-7-3-2-4-8-13/h2-10H,1,11H2. The first-order valence-electron chi connectivity index (χ1n) is 5.38. The summed E-state index contributed by atoms with van der Waals surface area (Å²) in [6.45, 7) is 3.94. The van der Waals surface area contributed by atoms with Crippen LogP contribution in [-0.2, 0) is 0 Å². The van der Waals surface area contributed by atoms with Crippen molar-refractivity contribution in [1.29, 1.82) is 0 Å². The fraction of sp³-hybridized carbons (Fsp3) is 0.0667. The maximum absolute atomic E-state index is 5.71. The van der Waals surface area contributed by atoms with Gasteiger partial charge >= 0.3 is 0 Å².